The van der Waals surface area contributed by atoms with E-state index in [2.05, 4.69) is 46.5 Å². The fraction of sp³-hybridized carbons (Fsp3) is 0.235. The van der Waals surface area contributed by atoms with E-state index >= 15 is 0 Å². The minimum absolute atomic E-state index is 0. The van der Waals surface area contributed by atoms with Crippen molar-refractivity contribution in [1.82, 2.24) is 10.6 Å². The highest BCUT2D eigenvalue weighted by Gasteiger charge is 2.00. The summed E-state index contributed by atoms with van der Waals surface area (Å²) in [6.07, 6.45) is 1.80. The first-order valence-corrected chi connectivity index (χ1v) is 6.89. The molecule has 0 saturated heterocycles. The first kappa shape index (κ1) is 18.3. The van der Waals surface area contributed by atoms with Gasteiger partial charge in [-0.2, -0.15) is 0 Å². The van der Waals surface area contributed by atoms with E-state index in [0.717, 1.165) is 18.3 Å². The fourth-order valence-corrected chi connectivity index (χ4v) is 2.09. The summed E-state index contributed by atoms with van der Waals surface area (Å²) in [5, 5.41) is 8.79. The van der Waals surface area contributed by atoms with Gasteiger partial charge in [0.05, 0.1) is 7.11 Å². The van der Waals surface area contributed by atoms with Crippen LogP contribution in [0.25, 0.3) is 10.8 Å². The van der Waals surface area contributed by atoms with Gasteiger partial charge in [-0.05, 0) is 34.5 Å². The molecular weight excluding hydrogens is 389 g/mol. The number of hydrogen-bond donors (Lipinski definition) is 2. The van der Waals surface area contributed by atoms with Gasteiger partial charge in [0.2, 0.25) is 0 Å². The number of guanidine groups is 1. The molecular formula is C17H22IN3O. The highest BCUT2D eigenvalue weighted by Crippen LogP contribution is 2.21. The Labute approximate surface area is 148 Å². The average Bonchev–Trinajstić information content (AvgIpc) is 2.54. The zero-order valence-corrected chi connectivity index (χ0v) is 15.3. The topological polar surface area (TPSA) is 45.7 Å². The van der Waals surface area contributed by atoms with Crippen molar-refractivity contribution in [3.05, 3.63) is 54.6 Å². The number of nitrogens with zero attached hydrogens (tertiary/aromatic N) is 1. The quantitative estimate of drug-likeness (QED) is 0.344. The predicted molar refractivity (Wildman–Crippen MR) is 104 cm³/mol. The number of hydrogen-bond acceptors (Lipinski definition) is 2. The third kappa shape index (κ3) is 4.91. The Morgan fingerprint density at radius 3 is 2.59 bits per heavy atom. The van der Waals surface area contributed by atoms with Crippen molar-refractivity contribution in [2.24, 2.45) is 4.99 Å². The van der Waals surface area contributed by atoms with E-state index < -0.39 is 0 Å². The minimum Gasteiger partial charge on any atom is -0.497 e. The maximum absolute atomic E-state index is 5.24. The Morgan fingerprint density at radius 1 is 1.18 bits per heavy atom. The summed E-state index contributed by atoms with van der Waals surface area (Å²) in [4.78, 5) is 4.16. The van der Waals surface area contributed by atoms with Crippen LogP contribution in [0, 0.1) is 0 Å². The van der Waals surface area contributed by atoms with Gasteiger partial charge < -0.3 is 15.4 Å². The molecule has 2 rings (SSSR count). The van der Waals surface area contributed by atoms with Gasteiger partial charge in [0.1, 0.15) is 5.75 Å². The number of nitrogens with one attached hydrogen (secondary N) is 2. The SMILES string of the molecule is C=CCNC(=NC)NCc1ccc2cc(OC)ccc2c1.I. The van der Waals surface area contributed by atoms with Gasteiger partial charge in [0, 0.05) is 20.1 Å². The molecule has 2 aromatic carbocycles. The largest absolute Gasteiger partial charge is 0.497 e. The van der Waals surface area contributed by atoms with E-state index in [-0.39, 0.29) is 24.0 Å². The lowest BCUT2D eigenvalue weighted by atomic mass is 10.1. The molecule has 2 N–H and O–H groups in total. The standard InChI is InChI=1S/C17H21N3O.HI/c1-4-9-19-17(18-2)20-12-13-5-6-15-11-16(21-3)8-7-14(15)10-13;/h4-8,10-11H,1,9,12H2,2-3H3,(H2,18,19,20);1H. The number of methoxy groups -OCH3 is 1. The molecule has 0 heterocycles. The van der Waals surface area contributed by atoms with Crippen LogP contribution in [0.5, 0.6) is 5.75 Å². The van der Waals surface area contributed by atoms with Crippen LogP contribution in [-0.2, 0) is 6.54 Å². The smallest absolute Gasteiger partial charge is 0.191 e. The van der Waals surface area contributed by atoms with Crippen LogP contribution in [0.3, 0.4) is 0 Å². The molecule has 0 radical (unpaired) electrons. The lowest BCUT2D eigenvalue weighted by Gasteiger charge is -2.11. The van der Waals surface area contributed by atoms with E-state index in [0.29, 0.717) is 6.54 Å². The fourth-order valence-electron chi connectivity index (χ4n) is 2.09. The molecule has 0 aromatic heterocycles. The number of rotatable bonds is 5. The number of halogens is 1. The van der Waals surface area contributed by atoms with E-state index in [1.165, 1.54) is 16.3 Å². The summed E-state index contributed by atoms with van der Waals surface area (Å²) >= 11 is 0. The van der Waals surface area contributed by atoms with E-state index in [4.69, 9.17) is 4.74 Å². The first-order valence-electron chi connectivity index (χ1n) is 6.89. The molecule has 118 valence electrons. The van der Waals surface area contributed by atoms with Crippen molar-refractivity contribution in [2.45, 2.75) is 6.54 Å². The Hall–Kier alpha value is -1.76. The maximum Gasteiger partial charge on any atom is 0.191 e. The lowest BCUT2D eigenvalue weighted by molar-refractivity contribution is 0.415. The van der Waals surface area contributed by atoms with Crippen LogP contribution in [0.15, 0.2) is 54.0 Å². The highest BCUT2D eigenvalue weighted by atomic mass is 127. The zero-order valence-electron chi connectivity index (χ0n) is 12.9. The van der Waals surface area contributed by atoms with Gasteiger partial charge in [-0.3, -0.25) is 4.99 Å². The van der Waals surface area contributed by atoms with Gasteiger partial charge in [0.15, 0.2) is 5.96 Å². The Bertz CT molecular complexity index is 655. The van der Waals surface area contributed by atoms with E-state index in [1.807, 2.05) is 12.1 Å². The number of ether oxygens (including phenoxy) is 1. The minimum atomic E-state index is 0. The van der Waals surface area contributed by atoms with Crippen LogP contribution in [-0.4, -0.2) is 26.7 Å². The van der Waals surface area contributed by atoms with Gasteiger partial charge in [-0.25, -0.2) is 0 Å². The number of fused-ring (bicyclic) bond motifs is 1. The van der Waals surface area contributed by atoms with E-state index in [9.17, 15) is 0 Å². The van der Waals surface area contributed by atoms with Crippen LogP contribution < -0.4 is 15.4 Å². The Balaban J connectivity index is 0.00000242. The first-order chi connectivity index (χ1) is 10.3. The highest BCUT2D eigenvalue weighted by molar-refractivity contribution is 14.0. The molecule has 0 aliphatic heterocycles. The second-order valence-corrected chi connectivity index (χ2v) is 4.64. The zero-order chi connectivity index (χ0) is 15.1. The third-order valence-electron chi connectivity index (χ3n) is 3.21. The van der Waals surface area contributed by atoms with Crippen LogP contribution in [0.2, 0.25) is 0 Å². The predicted octanol–water partition coefficient (Wildman–Crippen LogP) is 3.32. The lowest BCUT2D eigenvalue weighted by Crippen LogP contribution is -2.36. The summed E-state index contributed by atoms with van der Waals surface area (Å²) in [5.41, 5.74) is 1.20. The molecule has 0 saturated carbocycles. The molecule has 2 aromatic rings. The Kier molecular flexibility index (Phi) is 7.73. The van der Waals surface area contributed by atoms with Gasteiger partial charge in [-0.15, -0.1) is 30.6 Å². The molecule has 0 spiro atoms. The summed E-state index contributed by atoms with van der Waals surface area (Å²) in [6, 6.07) is 12.5. The molecule has 22 heavy (non-hydrogen) atoms. The van der Waals surface area contributed by atoms with E-state index in [1.54, 1.807) is 20.2 Å². The summed E-state index contributed by atoms with van der Waals surface area (Å²) < 4.78 is 5.24. The maximum atomic E-state index is 5.24. The van der Waals surface area contributed by atoms with Crippen molar-refractivity contribution in [3.63, 3.8) is 0 Å². The Morgan fingerprint density at radius 2 is 1.91 bits per heavy atom. The van der Waals surface area contributed by atoms with Crippen molar-refractivity contribution >= 4 is 40.7 Å². The van der Waals surface area contributed by atoms with Crippen molar-refractivity contribution in [1.29, 1.82) is 0 Å². The van der Waals surface area contributed by atoms with Crippen molar-refractivity contribution in [3.8, 4) is 5.75 Å². The summed E-state index contributed by atoms with van der Waals surface area (Å²) in [5.74, 6) is 1.65. The molecule has 0 amide bonds. The molecule has 0 bridgehead atoms. The number of aliphatic imine (C=N–C) groups is 1. The number of benzene rings is 2. The molecule has 4 nitrogen and oxygen atoms in total. The van der Waals surface area contributed by atoms with Gasteiger partial charge >= 0.3 is 0 Å². The van der Waals surface area contributed by atoms with Crippen molar-refractivity contribution in [2.75, 3.05) is 20.7 Å². The van der Waals surface area contributed by atoms with Crippen LogP contribution in [0.4, 0.5) is 0 Å². The molecule has 0 atom stereocenters. The summed E-state index contributed by atoms with van der Waals surface area (Å²) in [7, 11) is 3.44. The van der Waals surface area contributed by atoms with Gasteiger partial charge in [-0.1, -0.05) is 24.3 Å². The second-order valence-electron chi connectivity index (χ2n) is 4.64. The monoisotopic (exact) mass is 411 g/mol. The molecule has 0 aliphatic rings. The molecule has 0 fully saturated rings. The van der Waals surface area contributed by atoms with Crippen molar-refractivity contribution < 1.29 is 4.74 Å². The normalized spacial score (nSPS) is 10.7. The third-order valence-corrected chi connectivity index (χ3v) is 3.21. The molecule has 0 aliphatic carbocycles. The van der Waals surface area contributed by atoms with Gasteiger partial charge in [0.25, 0.3) is 0 Å². The average molecular weight is 411 g/mol. The van der Waals surface area contributed by atoms with Crippen LogP contribution >= 0.6 is 24.0 Å². The molecule has 5 heteroatoms. The second kappa shape index (κ2) is 9.30. The van der Waals surface area contributed by atoms with Crippen LogP contribution in [0.1, 0.15) is 5.56 Å². The molecule has 0 unspecified atom stereocenters. The summed E-state index contributed by atoms with van der Waals surface area (Å²) in [6.45, 7) is 5.09.